The van der Waals surface area contributed by atoms with E-state index in [-0.39, 0.29) is 10.5 Å². The lowest BCUT2D eigenvalue weighted by Gasteiger charge is -2.14. The number of esters is 1. The van der Waals surface area contributed by atoms with Crippen molar-refractivity contribution in [2.24, 2.45) is 0 Å². The number of ether oxygens (including phenoxy) is 1. The molecule has 0 fully saturated rings. The largest absolute Gasteiger partial charge is 0.449 e. The van der Waals surface area contributed by atoms with Crippen molar-refractivity contribution in [3.8, 4) is 0 Å². The van der Waals surface area contributed by atoms with Gasteiger partial charge in [-0.1, -0.05) is 23.8 Å². The van der Waals surface area contributed by atoms with Gasteiger partial charge in [-0.15, -0.1) is 0 Å². The highest BCUT2D eigenvalue weighted by Gasteiger charge is 2.20. The molecule has 0 aromatic heterocycles. The molecule has 25 heavy (non-hydrogen) atoms. The molecule has 6 nitrogen and oxygen atoms in total. The molecular formula is C18H19NO5S. The van der Waals surface area contributed by atoms with E-state index in [0.29, 0.717) is 5.69 Å². The van der Waals surface area contributed by atoms with Crippen molar-refractivity contribution in [2.75, 3.05) is 11.6 Å². The summed E-state index contributed by atoms with van der Waals surface area (Å²) in [5.41, 5.74) is 1.72. The number of sulfone groups is 1. The first-order valence-corrected chi connectivity index (χ1v) is 9.44. The average Bonchev–Trinajstić information content (AvgIpc) is 2.56. The highest BCUT2D eigenvalue weighted by atomic mass is 32.2. The van der Waals surface area contributed by atoms with Gasteiger partial charge in [-0.3, -0.25) is 4.79 Å². The Morgan fingerprint density at radius 3 is 2.32 bits per heavy atom. The van der Waals surface area contributed by atoms with E-state index < -0.39 is 27.8 Å². The molecule has 0 saturated heterocycles. The first kappa shape index (κ1) is 18.7. The molecule has 2 rings (SSSR count). The zero-order valence-corrected chi connectivity index (χ0v) is 15.0. The van der Waals surface area contributed by atoms with Gasteiger partial charge in [0.2, 0.25) is 0 Å². The minimum absolute atomic E-state index is 0.0127. The Labute approximate surface area is 146 Å². The molecule has 0 spiro atoms. The molecule has 2 aromatic rings. The van der Waals surface area contributed by atoms with Crippen LogP contribution in [0.25, 0.3) is 0 Å². The van der Waals surface area contributed by atoms with E-state index in [0.717, 1.165) is 11.8 Å². The summed E-state index contributed by atoms with van der Waals surface area (Å²) in [5.74, 6) is -1.24. The highest BCUT2D eigenvalue weighted by Crippen LogP contribution is 2.14. The molecule has 0 unspecified atom stereocenters. The van der Waals surface area contributed by atoms with Gasteiger partial charge in [0.25, 0.3) is 5.91 Å². The number of amides is 1. The molecule has 0 aliphatic rings. The monoisotopic (exact) mass is 361 g/mol. The molecule has 1 amide bonds. The number of nitrogens with one attached hydrogen (secondary N) is 1. The normalized spacial score (nSPS) is 12.3. The number of carbonyl (C=O) groups excluding carboxylic acids is 2. The fourth-order valence-electron chi connectivity index (χ4n) is 2.02. The van der Waals surface area contributed by atoms with Crippen LogP contribution in [-0.4, -0.2) is 32.7 Å². The van der Waals surface area contributed by atoms with Crippen LogP contribution in [0.15, 0.2) is 53.4 Å². The van der Waals surface area contributed by atoms with Gasteiger partial charge in [0.1, 0.15) is 0 Å². The maximum Gasteiger partial charge on any atom is 0.338 e. The van der Waals surface area contributed by atoms with Gasteiger partial charge in [-0.25, -0.2) is 13.2 Å². The van der Waals surface area contributed by atoms with Gasteiger partial charge < -0.3 is 10.1 Å². The second-order valence-corrected chi connectivity index (χ2v) is 7.72. The Morgan fingerprint density at radius 2 is 1.72 bits per heavy atom. The first-order chi connectivity index (χ1) is 11.7. The second kappa shape index (κ2) is 7.48. The Balaban J connectivity index is 2.04. The number of hydrogen-bond donors (Lipinski definition) is 1. The Hall–Kier alpha value is -2.67. The van der Waals surface area contributed by atoms with Crippen molar-refractivity contribution in [1.29, 1.82) is 0 Å². The highest BCUT2D eigenvalue weighted by molar-refractivity contribution is 7.90. The van der Waals surface area contributed by atoms with E-state index in [1.165, 1.54) is 31.2 Å². The topological polar surface area (TPSA) is 89.5 Å². The first-order valence-electron chi connectivity index (χ1n) is 7.55. The Kier molecular flexibility index (Phi) is 5.58. The fraction of sp³-hybridized carbons (Fsp3) is 0.222. The summed E-state index contributed by atoms with van der Waals surface area (Å²) in [4.78, 5) is 24.3. The van der Waals surface area contributed by atoms with Crippen LogP contribution in [0.4, 0.5) is 5.69 Å². The molecule has 0 saturated carbocycles. The maximum atomic E-state index is 12.1. The molecule has 1 N–H and O–H groups in total. The third-order valence-electron chi connectivity index (χ3n) is 3.47. The molecule has 0 bridgehead atoms. The minimum atomic E-state index is -3.43. The van der Waals surface area contributed by atoms with Gasteiger partial charge in [-0.2, -0.15) is 0 Å². The molecule has 0 aliphatic heterocycles. The van der Waals surface area contributed by atoms with Crippen LogP contribution in [0.2, 0.25) is 0 Å². The Morgan fingerprint density at radius 1 is 1.08 bits per heavy atom. The molecule has 0 radical (unpaired) electrons. The van der Waals surface area contributed by atoms with Crippen molar-refractivity contribution in [3.63, 3.8) is 0 Å². The van der Waals surface area contributed by atoms with E-state index in [1.807, 2.05) is 19.1 Å². The van der Waals surface area contributed by atoms with E-state index >= 15 is 0 Å². The zero-order valence-electron chi connectivity index (χ0n) is 14.1. The van der Waals surface area contributed by atoms with Crippen LogP contribution >= 0.6 is 0 Å². The molecular weight excluding hydrogens is 342 g/mol. The second-order valence-electron chi connectivity index (χ2n) is 5.70. The summed E-state index contributed by atoms with van der Waals surface area (Å²) in [5, 5.41) is 2.65. The molecule has 132 valence electrons. The summed E-state index contributed by atoms with van der Waals surface area (Å²) in [6.45, 7) is 3.38. The lowest BCUT2D eigenvalue weighted by Crippen LogP contribution is -2.30. The predicted octanol–water partition coefficient (Wildman–Crippen LogP) is 2.58. The molecule has 2 aromatic carbocycles. The summed E-state index contributed by atoms with van der Waals surface area (Å²) in [6, 6.07) is 12.7. The standard InChI is InChI=1S/C18H19NO5S/c1-12-7-9-15(10-8-12)19-17(20)13(2)24-18(21)14-5-4-6-16(11-14)25(3,22)23/h4-11,13H,1-3H3,(H,19,20)/t13-/m1/s1. The number of aryl methyl sites for hydroxylation is 1. The van der Waals surface area contributed by atoms with Gasteiger partial charge in [0, 0.05) is 11.9 Å². The SMILES string of the molecule is Cc1ccc(NC(=O)[C@@H](C)OC(=O)c2cccc(S(C)(=O)=O)c2)cc1. The van der Waals surface area contributed by atoms with Crippen LogP contribution in [0.1, 0.15) is 22.8 Å². The Bertz CT molecular complexity index is 888. The lowest BCUT2D eigenvalue weighted by atomic mass is 10.2. The summed E-state index contributed by atoms with van der Waals surface area (Å²) in [7, 11) is -3.43. The number of rotatable bonds is 5. The van der Waals surface area contributed by atoms with Crippen LogP contribution in [0.3, 0.4) is 0 Å². The van der Waals surface area contributed by atoms with E-state index in [1.54, 1.807) is 12.1 Å². The van der Waals surface area contributed by atoms with E-state index in [4.69, 9.17) is 4.74 Å². The van der Waals surface area contributed by atoms with Crippen LogP contribution < -0.4 is 5.32 Å². The molecule has 0 aliphatic carbocycles. The molecule has 0 heterocycles. The van der Waals surface area contributed by atoms with Crippen molar-refractivity contribution in [1.82, 2.24) is 0 Å². The fourth-order valence-corrected chi connectivity index (χ4v) is 2.68. The summed E-state index contributed by atoms with van der Waals surface area (Å²) >= 11 is 0. The number of carbonyl (C=O) groups is 2. The summed E-state index contributed by atoms with van der Waals surface area (Å²) < 4.78 is 28.2. The maximum absolute atomic E-state index is 12.1. The van der Waals surface area contributed by atoms with Gasteiger partial charge >= 0.3 is 5.97 Å². The quantitative estimate of drug-likeness (QED) is 0.827. The lowest BCUT2D eigenvalue weighted by molar-refractivity contribution is -0.123. The number of anilines is 1. The van der Waals surface area contributed by atoms with Crippen molar-refractivity contribution in [3.05, 3.63) is 59.7 Å². The zero-order chi connectivity index (χ0) is 18.6. The van der Waals surface area contributed by atoms with Crippen LogP contribution in [0, 0.1) is 6.92 Å². The third-order valence-corrected chi connectivity index (χ3v) is 4.58. The smallest absolute Gasteiger partial charge is 0.338 e. The van der Waals surface area contributed by atoms with Crippen LogP contribution in [0.5, 0.6) is 0 Å². The third kappa shape index (κ3) is 5.15. The minimum Gasteiger partial charge on any atom is -0.449 e. The van der Waals surface area contributed by atoms with Crippen molar-refractivity contribution in [2.45, 2.75) is 24.8 Å². The van der Waals surface area contributed by atoms with Crippen molar-refractivity contribution >= 4 is 27.4 Å². The number of benzene rings is 2. The molecule has 1 atom stereocenters. The number of hydrogen-bond acceptors (Lipinski definition) is 5. The van der Waals surface area contributed by atoms with Gasteiger partial charge in [0.15, 0.2) is 15.9 Å². The predicted molar refractivity (Wildman–Crippen MR) is 94.2 cm³/mol. The molecule has 7 heteroatoms. The average molecular weight is 361 g/mol. The van der Waals surface area contributed by atoms with Gasteiger partial charge in [0.05, 0.1) is 10.5 Å². The van der Waals surface area contributed by atoms with Crippen LogP contribution in [-0.2, 0) is 19.4 Å². The van der Waals surface area contributed by atoms with Gasteiger partial charge in [-0.05, 0) is 44.2 Å². The van der Waals surface area contributed by atoms with E-state index in [9.17, 15) is 18.0 Å². The van der Waals surface area contributed by atoms with Crippen molar-refractivity contribution < 1.29 is 22.7 Å². The van der Waals surface area contributed by atoms with E-state index in [2.05, 4.69) is 5.32 Å². The summed E-state index contributed by atoms with van der Waals surface area (Å²) in [6.07, 6.45) is 0.0189.